The first kappa shape index (κ1) is 13.8. The molecule has 0 saturated carbocycles. The average molecular weight is 348 g/mol. The van der Waals surface area contributed by atoms with Gasteiger partial charge < -0.3 is 4.74 Å². The van der Waals surface area contributed by atoms with Gasteiger partial charge in [-0.1, -0.05) is 28.1 Å². The second-order valence-corrected chi connectivity index (χ2v) is 5.64. The summed E-state index contributed by atoms with van der Waals surface area (Å²) in [6, 6.07) is 11.4. The van der Waals surface area contributed by atoms with Crippen molar-refractivity contribution in [2.24, 2.45) is 0 Å². The molecule has 0 spiro atoms. The van der Waals surface area contributed by atoms with Crippen molar-refractivity contribution in [3.05, 3.63) is 68.2 Å². The number of nitrogens with zero attached hydrogens (tertiary/aromatic N) is 1. The summed E-state index contributed by atoms with van der Waals surface area (Å²) in [4.78, 5) is 22.6. The lowest BCUT2D eigenvalue weighted by Gasteiger charge is -2.25. The molecule has 21 heavy (non-hydrogen) atoms. The smallest absolute Gasteiger partial charge is 0.269 e. The van der Waals surface area contributed by atoms with Crippen LogP contribution in [0.1, 0.15) is 28.4 Å². The van der Waals surface area contributed by atoms with Gasteiger partial charge in [-0.2, -0.15) is 0 Å². The van der Waals surface area contributed by atoms with Crippen LogP contribution in [0, 0.1) is 10.1 Å². The summed E-state index contributed by atoms with van der Waals surface area (Å²) in [5.41, 5.74) is 1.15. The second-order valence-electron chi connectivity index (χ2n) is 4.73. The summed E-state index contributed by atoms with van der Waals surface area (Å²) in [5, 5.41) is 10.8. The zero-order valence-corrected chi connectivity index (χ0v) is 12.4. The monoisotopic (exact) mass is 347 g/mol. The highest BCUT2D eigenvalue weighted by Gasteiger charge is 2.28. The normalized spacial score (nSPS) is 17.0. The number of ketones is 1. The Kier molecular flexibility index (Phi) is 3.47. The van der Waals surface area contributed by atoms with Crippen LogP contribution in [0.25, 0.3) is 0 Å². The van der Waals surface area contributed by atoms with Gasteiger partial charge in [0, 0.05) is 16.6 Å². The van der Waals surface area contributed by atoms with E-state index < -0.39 is 11.0 Å². The second kappa shape index (κ2) is 5.29. The molecule has 1 aliphatic rings. The Balaban J connectivity index is 1.96. The third kappa shape index (κ3) is 2.67. The molecule has 1 unspecified atom stereocenters. The van der Waals surface area contributed by atoms with E-state index in [1.807, 2.05) is 0 Å². The molecule has 6 heteroatoms. The molecular weight excluding hydrogens is 338 g/mol. The molecule has 2 aromatic carbocycles. The van der Waals surface area contributed by atoms with Gasteiger partial charge in [0.2, 0.25) is 0 Å². The van der Waals surface area contributed by atoms with Gasteiger partial charge >= 0.3 is 0 Å². The molecule has 2 aromatic rings. The quantitative estimate of drug-likeness (QED) is 0.606. The molecule has 3 rings (SSSR count). The molecule has 0 fully saturated rings. The number of hydrogen-bond acceptors (Lipinski definition) is 4. The number of hydrogen-bond donors (Lipinski definition) is 0. The van der Waals surface area contributed by atoms with E-state index in [0.29, 0.717) is 16.9 Å². The maximum absolute atomic E-state index is 12.2. The molecule has 1 aliphatic heterocycles. The minimum atomic E-state index is -0.494. The van der Waals surface area contributed by atoms with Gasteiger partial charge in [0.05, 0.1) is 16.9 Å². The number of ether oxygens (including phenoxy) is 1. The standard InChI is InChI=1S/C15H10BrNO4/c16-10-4-5-14-12(7-10)13(18)8-15(21-14)9-2-1-3-11(6-9)17(19)20/h1-7,15H,8H2. The lowest BCUT2D eigenvalue weighted by molar-refractivity contribution is -0.385. The van der Waals surface area contributed by atoms with Crippen LogP contribution >= 0.6 is 15.9 Å². The van der Waals surface area contributed by atoms with E-state index in [0.717, 1.165) is 4.47 Å². The molecule has 1 atom stereocenters. The predicted molar refractivity (Wildman–Crippen MR) is 79.6 cm³/mol. The Morgan fingerprint density at radius 1 is 1.24 bits per heavy atom. The van der Waals surface area contributed by atoms with E-state index in [1.54, 1.807) is 30.3 Å². The number of Topliss-reactive ketones (excluding diaryl/α,β-unsaturated/α-hetero) is 1. The Hall–Kier alpha value is -2.21. The molecule has 0 saturated heterocycles. The van der Waals surface area contributed by atoms with Gasteiger partial charge in [0.15, 0.2) is 5.78 Å². The van der Waals surface area contributed by atoms with Crippen LogP contribution in [0.3, 0.4) is 0 Å². The third-order valence-electron chi connectivity index (χ3n) is 3.33. The topological polar surface area (TPSA) is 69.4 Å². The molecule has 0 aliphatic carbocycles. The Bertz CT molecular complexity index is 744. The minimum Gasteiger partial charge on any atom is -0.484 e. The lowest BCUT2D eigenvalue weighted by Crippen LogP contribution is -2.20. The van der Waals surface area contributed by atoms with E-state index in [4.69, 9.17) is 4.74 Å². The highest BCUT2D eigenvalue weighted by Crippen LogP contribution is 2.36. The molecular formula is C15H10BrNO4. The van der Waals surface area contributed by atoms with E-state index in [-0.39, 0.29) is 17.9 Å². The largest absolute Gasteiger partial charge is 0.484 e. The van der Waals surface area contributed by atoms with Gasteiger partial charge in [-0.15, -0.1) is 0 Å². The number of rotatable bonds is 2. The number of nitro groups is 1. The van der Waals surface area contributed by atoms with Gasteiger partial charge in [-0.3, -0.25) is 14.9 Å². The van der Waals surface area contributed by atoms with Crippen LogP contribution in [0.2, 0.25) is 0 Å². The summed E-state index contributed by atoms with van der Waals surface area (Å²) >= 11 is 3.32. The Morgan fingerprint density at radius 3 is 2.81 bits per heavy atom. The van der Waals surface area contributed by atoms with Crippen molar-refractivity contribution in [3.8, 4) is 5.75 Å². The van der Waals surface area contributed by atoms with Crippen molar-refractivity contribution < 1.29 is 14.5 Å². The Labute approximate surface area is 128 Å². The van der Waals surface area contributed by atoms with Gasteiger partial charge in [0.1, 0.15) is 11.9 Å². The number of halogens is 1. The summed E-state index contributed by atoms with van der Waals surface area (Å²) < 4.78 is 6.63. The molecule has 1 heterocycles. The van der Waals surface area contributed by atoms with Gasteiger partial charge in [-0.05, 0) is 23.8 Å². The zero-order chi connectivity index (χ0) is 15.0. The molecule has 0 bridgehead atoms. The average Bonchev–Trinajstić information content (AvgIpc) is 2.48. The first-order valence-electron chi connectivity index (χ1n) is 6.28. The maximum Gasteiger partial charge on any atom is 0.269 e. The molecule has 0 amide bonds. The predicted octanol–water partition coefficient (Wildman–Crippen LogP) is 4.06. The molecule has 5 nitrogen and oxygen atoms in total. The zero-order valence-electron chi connectivity index (χ0n) is 10.8. The number of carbonyl (C=O) groups excluding carboxylic acids is 1. The minimum absolute atomic E-state index is 0.00912. The van der Waals surface area contributed by atoms with Crippen molar-refractivity contribution in [1.29, 1.82) is 0 Å². The first-order valence-corrected chi connectivity index (χ1v) is 7.07. The summed E-state index contributed by atoms with van der Waals surface area (Å²) in [7, 11) is 0. The van der Waals surface area contributed by atoms with E-state index >= 15 is 0 Å². The van der Waals surface area contributed by atoms with Crippen LogP contribution in [-0.2, 0) is 0 Å². The van der Waals surface area contributed by atoms with E-state index in [2.05, 4.69) is 15.9 Å². The molecule has 0 radical (unpaired) electrons. The fraction of sp³-hybridized carbons (Fsp3) is 0.133. The summed E-state index contributed by atoms with van der Waals surface area (Å²) in [5.74, 6) is 0.472. The van der Waals surface area contributed by atoms with Crippen molar-refractivity contribution in [1.82, 2.24) is 0 Å². The fourth-order valence-electron chi connectivity index (χ4n) is 2.32. The third-order valence-corrected chi connectivity index (χ3v) is 3.83. The molecule has 0 aromatic heterocycles. The lowest BCUT2D eigenvalue weighted by atomic mass is 9.96. The highest BCUT2D eigenvalue weighted by molar-refractivity contribution is 9.10. The van der Waals surface area contributed by atoms with E-state index in [1.165, 1.54) is 12.1 Å². The van der Waals surface area contributed by atoms with Crippen molar-refractivity contribution in [2.45, 2.75) is 12.5 Å². The number of carbonyl (C=O) groups is 1. The SMILES string of the molecule is O=C1CC(c2cccc([N+](=O)[O-])c2)Oc2ccc(Br)cc21. The van der Waals surface area contributed by atoms with Crippen LogP contribution < -0.4 is 4.74 Å². The number of nitro benzene ring substituents is 1. The van der Waals surface area contributed by atoms with Crippen LogP contribution in [0.15, 0.2) is 46.9 Å². The molecule has 0 N–H and O–H groups in total. The Morgan fingerprint density at radius 2 is 2.05 bits per heavy atom. The van der Waals surface area contributed by atoms with Crippen molar-refractivity contribution in [2.75, 3.05) is 0 Å². The number of fused-ring (bicyclic) bond motifs is 1. The summed E-state index contributed by atoms with van der Waals surface area (Å²) in [6.45, 7) is 0. The van der Waals surface area contributed by atoms with Crippen LogP contribution in [-0.4, -0.2) is 10.7 Å². The fourth-order valence-corrected chi connectivity index (χ4v) is 2.68. The van der Waals surface area contributed by atoms with Crippen molar-refractivity contribution >= 4 is 27.4 Å². The summed E-state index contributed by atoms with van der Waals surface area (Å²) in [6.07, 6.45) is -0.323. The first-order chi connectivity index (χ1) is 10.0. The van der Waals surface area contributed by atoms with Gasteiger partial charge in [-0.25, -0.2) is 0 Å². The number of non-ortho nitro benzene ring substituents is 1. The maximum atomic E-state index is 12.2. The van der Waals surface area contributed by atoms with Crippen LogP contribution in [0.5, 0.6) is 5.75 Å². The molecule has 106 valence electrons. The van der Waals surface area contributed by atoms with Gasteiger partial charge in [0.25, 0.3) is 5.69 Å². The number of benzene rings is 2. The highest BCUT2D eigenvalue weighted by atomic mass is 79.9. The van der Waals surface area contributed by atoms with Crippen LogP contribution in [0.4, 0.5) is 5.69 Å². The van der Waals surface area contributed by atoms with E-state index in [9.17, 15) is 14.9 Å². The van der Waals surface area contributed by atoms with Crippen molar-refractivity contribution in [3.63, 3.8) is 0 Å².